The quantitative estimate of drug-likeness (QED) is 0.262. The third kappa shape index (κ3) is 2.29. The van der Waals surface area contributed by atoms with E-state index >= 15 is 0 Å². The van der Waals surface area contributed by atoms with Crippen LogP contribution in [0.15, 0.2) is 21.6 Å². The second kappa shape index (κ2) is 5.15. The number of hydrogen-bond acceptors (Lipinski definition) is 4. The molecule has 0 radical (unpaired) electrons. The zero-order chi connectivity index (χ0) is 9.40. The van der Waals surface area contributed by atoms with Crippen LogP contribution in [0.25, 0.3) is 20.9 Å². The molecule has 0 aromatic carbocycles. The summed E-state index contributed by atoms with van der Waals surface area (Å²) in [5, 5.41) is 22.2. The largest absolute Gasteiger partial charge is 0.192 e. The van der Waals surface area contributed by atoms with Gasteiger partial charge in [0.05, 0.1) is 0 Å². The molecule has 0 fully saturated rings. The van der Waals surface area contributed by atoms with Gasteiger partial charge in [-0.2, -0.15) is 10.5 Å². The second-order valence-corrected chi connectivity index (χ2v) is 1.30. The summed E-state index contributed by atoms with van der Waals surface area (Å²) < 4.78 is 0. The van der Waals surface area contributed by atoms with E-state index in [0.717, 1.165) is 0 Å². The van der Waals surface area contributed by atoms with Gasteiger partial charge in [-0.05, 0) is 11.1 Å². The molecule has 0 spiro atoms. The fourth-order valence-electron chi connectivity index (χ4n) is 0.330. The van der Waals surface area contributed by atoms with Crippen molar-refractivity contribution in [3.8, 4) is 12.1 Å². The van der Waals surface area contributed by atoms with E-state index in [-0.39, 0.29) is 0 Å². The lowest BCUT2D eigenvalue weighted by molar-refractivity contribution is 1.17. The third-order valence-electron chi connectivity index (χ3n) is 0.726. The SMILES string of the molecule is N#CC(C#N)=C(N=[N+]=[N-])N=[N+]=[N-]. The maximum Gasteiger partial charge on any atom is 0.141 e. The third-order valence-corrected chi connectivity index (χ3v) is 0.726. The Morgan fingerprint density at radius 2 is 1.50 bits per heavy atom. The van der Waals surface area contributed by atoms with Gasteiger partial charge >= 0.3 is 0 Å². The molecule has 0 unspecified atom stereocenters. The predicted molar refractivity (Wildman–Crippen MR) is 36.5 cm³/mol. The molecule has 0 aromatic heterocycles. The standard InChI is InChI=1S/C4N8/c5-1-3(2-6)4(9-11-7)10-12-8. The number of rotatable bonds is 2. The molecule has 0 aliphatic heterocycles. The van der Waals surface area contributed by atoms with Crippen LogP contribution in [-0.4, -0.2) is 0 Å². The summed E-state index contributed by atoms with van der Waals surface area (Å²) in [6.07, 6.45) is 0. The van der Waals surface area contributed by atoms with Crippen LogP contribution in [0.5, 0.6) is 0 Å². The molecule has 12 heavy (non-hydrogen) atoms. The zero-order valence-corrected chi connectivity index (χ0v) is 5.58. The highest BCUT2D eigenvalue weighted by Crippen LogP contribution is 2.06. The van der Waals surface area contributed by atoms with Gasteiger partial charge in [0.25, 0.3) is 0 Å². The van der Waals surface area contributed by atoms with Gasteiger partial charge in [0.1, 0.15) is 23.5 Å². The Morgan fingerprint density at radius 3 is 1.75 bits per heavy atom. The van der Waals surface area contributed by atoms with E-state index in [4.69, 9.17) is 21.6 Å². The minimum atomic E-state index is -0.565. The molecule has 0 saturated heterocycles. The minimum Gasteiger partial charge on any atom is -0.192 e. The number of nitriles is 2. The number of nitrogens with zero attached hydrogens (tertiary/aromatic N) is 8. The van der Waals surface area contributed by atoms with Crippen molar-refractivity contribution in [2.75, 3.05) is 0 Å². The molecule has 0 N–H and O–H groups in total. The van der Waals surface area contributed by atoms with Crippen molar-refractivity contribution in [1.82, 2.24) is 0 Å². The Morgan fingerprint density at radius 1 is 1.08 bits per heavy atom. The van der Waals surface area contributed by atoms with Gasteiger partial charge in [0.15, 0.2) is 0 Å². The molecular formula is C4N8. The molecule has 0 saturated carbocycles. The van der Waals surface area contributed by atoms with Crippen LogP contribution in [0.2, 0.25) is 0 Å². The van der Waals surface area contributed by atoms with E-state index in [1.54, 1.807) is 0 Å². The van der Waals surface area contributed by atoms with Gasteiger partial charge in [0, 0.05) is 9.82 Å². The molecule has 0 amide bonds. The van der Waals surface area contributed by atoms with Crippen molar-refractivity contribution in [1.29, 1.82) is 10.5 Å². The fraction of sp³-hybridized carbons (Fsp3) is 0. The van der Waals surface area contributed by atoms with E-state index in [9.17, 15) is 0 Å². The number of allylic oxidation sites excluding steroid dienone is 1. The molecule has 8 nitrogen and oxygen atoms in total. The maximum atomic E-state index is 8.25. The van der Waals surface area contributed by atoms with Crippen molar-refractivity contribution in [2.45, 2.75) is 0 Å². The van der Waals surface area contributed by atoms with Crippen LogP contribution in [-0.2, 0) is 0 Å². The number of azide groups is 1. The molecule has 0 atom stereocenters. The Labute approximate surface area is 66.2 Å². The highest BCUT2D eigenvalue weighted by molar-refractivity contribution is 5.39. The molecular weight excluding hydrogens is 160 g/mol. The first-order chi connectivity index (χ1) is 5.79. The van der Waals surface area contributed by atoms with Crippen LogP contribution in [0, 0.1) is 22.7 Å². The van der Waals surface area contributed by atoms with Gasteiger partial charge < -0.3 is 0 Å². The molecule has 0 aromatic rings. The van der Waals surface area contributed by atoms with Crippen LogP contribution in [0.1, 0.15) is 0 Å². The molecule has 0 heterocycles. The maximum absolute atomic E-state index is 8.25. The Bertz CT molecular complexity index is 340. The summed E-state index contributed by atoms with van der Waals surface area (Å²) in [7, 11) is 0. The first kappa shape index (κ1) is 9.34. The van der Waals surface area contributed by atoms with Crippen molar-refractivity contribution in [3.63, 3.8) is 0 Å². The Hall–Kier alpha value is -2.66. The normalized spacial score (nSPS) is 6.17. The topological polar surface area (TPSA) is 145 Å². The fourth-order valence-corrected chi connectivity index (χ4v) is 0.330. The highest BCUT2D eigenvalue weighted by atomic mass is 15.3. The van der Waals surface area contributed by atoms with Crippen LogP contribution < -0.4 is 0 Å². The van der Waals surface area contributed by atoms with Gasteiger partial charge in [-0.3, -0.25) is 0 Å². The summed E-state index contributed by atoms with van der Waals surface area (Å²) in [5.41, 5.74) is 15.3. The van der Waals surface area contributed by atoms with Crippen molar-refractivity contribution >= 4 is 0 Å². The lowest BCUT2D eigenvalue weighted by Crippen LogP contribution is -1.77. The van der Waals surface area contributed by atoms with Gasteiger partial charge in [-0.15, -0.1) is 0 Å². The van der Waals surface area contributed by atoms with E-state index < -0.39 is 11.4 Å². The molecule has 0 aliphatic carbocycles. The van der Waals surface area contributed by atoms with E-state index in [2.05, 4.69) is 20.1 Å². The molecule has 0 bridgehead atoms. The van der Waals surface area contributed by atoms with Crippen LogP contribution >= 0.6 is 0 Å². The smallest absolute Gasteiger partial charge is 0.141 e. The monoisotopic (exact) mass is 160 g/mol. The van der Waals surface area contributed by atoms with Crippen molar-refractivity contribution in [2.24, 2.45) is 10.2 Å². The van der Waals surface area contributed by atoms with Crippen molar-refractivity contribution < 1.29 is 0 Å². The lowest BCUT2D eigenvalue weighted by Gasteiger charge is -1.84. The summed E-state index contributed by atoms with van der Waals surface area (Å²) in [4.78, 5) is 4.54. The second-order valence-electron chi connectivity index (χ2n) is 1.30. The zero-order valence-electron chi connectivity index (χ0n) is 5.58. The van der Waals surface area contributed by atoms with Gasteiger partial charge in [-0.25, -0.2) is 0 Å². The number of hydrogen-bond donors (Lipinski definition) is 0. The Kier molecular flexibility index (Phi) is 4.01. The molecule has 56 valence electrons. The van der Waals surface area contributed by atoms with Gasteiger partial charge in [-0.1, -0.05) is 10.2 Å². The van der Waals surface area contributed by atoms with E-state index in [1.165, 1.54) is 12.1 Å². The molecule has 0 aliphatic rings. The average molecular weight is 160 g/mol. The summed E-state index contributed by atoms with van der Waals surface area (Å²) in [6.45, 7) is 0. The van der Waals surface area contributed by atoms with Gasteiger partial charge in [0.2, 0.25) is 0 Å². The summed E-state index contributed by atoms with van der Waals surface area (Å²) >= 11 is 0. The first-order valence-corrected chi connectivity index (χ1v) is 2.44. The lowest BCUT2D eigenvalue weighted by atomic mass is 10.3. The van der Waals surface area contributed by atoms with Crippen LogP contribution in [0.4, 0.5) is 0 Å². The first-order valence-electron chi connectivity index (χ1n) is 2.44. The molecule has 8 heteroatoms. The van der Waals surface area contributed by atoms with E-state index in [1.807, 2.05) is 0 Å². The summed E-state index contributed by atoms with van der Waals surface area (Å²) in [6, 6.07) is 2.82. The summed E-state index contributed by atoms with van der Waals surface area (Å²) in [5.74, 6) is -0.565. The minimum absolute atomic E-state index is 0.523. The highest BCUT2D eigenvalue weighted by Gasteiger charge is 1.99. The average Bonchev–Trinajstić information content (AvgIpc) is 2.07. The van der Waals surface area contributed by atoms with E-state index in [0.29, 0.717) is 0 Å². The Balaban J connectivity index is 5.39. The van der Waals surface area contributed by atoms with Crippen LogP contribution in [0.3, 0.4) is 0 Å². The molecule has 0 rings (SSSR count). The van der Waals surface area contributed by atoms with Crippen molar-refractivity contribution in [3.05, 3.63) is 32.3 Å². The predicted octanol–water partition coefficient (Wildman–Crippen LogP) is 1.87.